The maximum Gasteiger partial charge on any atom is 0.123 e. The fraction of sp³-hybridized carbons (Fsp3) is 0.625. The molecule has 0 aliphatic rings. The van der Waals surface area contributed by atoms with Crippen LogP contribution in [0.3, 0.4) is 0 Å². The summed E-state index contributed by atoms with van der Waals surface area (Å²) in [6, 6.07) is 7.26. The Balaban J connectivity index is 2.66. The lowest BCUT2D eigenvalue weighted by Gasteiger charge is -2.21. The van der Waals surface area contributed by atoms with Gasteiger partial charge in [0.25, 0.3) is 0 Å². The normalized spacial score (nSPS) is 17.1. The SMILES string of the molecule is CCC(O)C(C)Oc1cccc(OC(C)C(O)CC)c1. The van der Waals surface area contributed by atoms with Crippen molar-refractivity contribution in [1.82, 2.24) is 0 Å². The Bertz CT molecular complexity index is 361. The molecule has 0 saturated heterocycles. The first-order valence-electron chi connectivity index (χ1n) is 7.27. The molecule has 0 aliphatic heterocycles. The second-order valence-corrected chi connectivity index (χ2v) is 5.07. The zero-order valence-electron chi connectivity index (χ0n) is 12.7. The molecule has 4 heteroatoms. The van der Waals surface area contributed by atoms with Crippen molar-refractivity contribution in [3.8, 4) is 11.5 Å². The maximum atomic E-state index is 9.72. The van der Waals surface area contributed by atoms with Crippen molar-refractivity contribution < 1.29 is 19.7 Å². The molecule has 1 rings (SSSR count). The minimum atomic E-state index is -0.486. The summed E-state index contributed by atoms with van der Waals surface area (Å²) in [5, 5.41) is 19.4. The Morgan fingerprint density at radius 2 is 1.30 bits per heavy atom. The molecule has 1 aromatic carbocycles. The molecule has 4 atom stereocenters. The second-order valence-electron chi connectivity index (χ2n) is 5.07. The van der Waals surface area contributed by atoms with E-state index in [2.05, 4.69) is 0 Å². The smallest absolute Gasteiger partial charge is 0.123 e. The van der Waals surface area contributed by atoms with Crippen molar-refractivity contribution in [2.24, 2.45) is 0 Å². The van der Waals surface area contributed by atoms with Crippen molar-refractivity contribution >= 4 is 0 Å². The van der Waals surface area contributed by atoms with Gasteiger partial charge < -0.3 is 19.7 Å². The summed E-state index contributed by atoms with van der Waals surface area (Å²) in [6.45, 7) is 7.51. The van der Waals surface area contributed by atoms with Gasteiger partial charge >= 0.3 is 0 Å². The van der Waals surface area contributed by atoms with Crippen LogP contribution in [0.15, 0.2) is 24.3 Å². The first-order valence-corrected chi connectivity index (χ1v) is 7.27. The molecular weight excluding hydrogens is 256 g/mol. The molecule has 0 radical (unpaired) electrons. The van der Waals surface area contributed by atoms with Gasteiger partial charge in [0.05, 0.1) is 12.2 Å². The first-order chi connectivity index (χ1) is 9.47. The lowest BCUT2D eigenvalue weighted by Crippen LogP contribution is -2.28. The highest BCUT2D eigenvalue weighted by Gasteiger charge is 2.16. The van der Waals surface area contributed by atoms with E-state index in [1.165, 1.54) is 0 Å². The van der Waals surface area contributed by atoms with Gasteiger partial charge in [-0.3, -0.25) is 0 Å². The van der Waals surface area contributed by atoms with Gasteiger partial charge in [-0.1, -0.05) is 19.9 Å². The van der Waals surface area contributed by atoms with Gasteiger partial charge in [-0.15, -0.1) is 0 Å². The third-order valence-electron chi connectivity index (χ3n) is 3.37. The van der Waals surface area contributed by atoms with Gasteiger partial charge in [0, 0.05) is 6.07 Å². The monoisotopic (exact) mass is 282 g/mol. The van der Waals surface area contributed by atoms with E-state index in [9.17, 15) is 10.2 Å². The van der Waals surface area contributed by atoms with E-state index < -0.39 is 12.2 Å². The molecule has 0 saturated carbocycles. The second kappa shape index (κ2) is 8.12. The van der Waals surface area contributed by atoms with Crippen molar-refractivity contribution in [1.29, 1.82) is 0 Å². The summed E-state index contributed by atoms with van der Waals surface area (Å²) in [7, 11) is 0. The van der Waals surface area contributed by atoms with Crippen LogP contribution in [0.1, 0.15) is 40.5 Å². The zero-order chi connectivity index (χ0) is 15.1. The van der Waals surface area contributed by atoms with Crippen LogP contribution in [0.5, 0.6) is 11.5 Å². The summed E-state index contributed by atoms with van der Waals surface area (Å²) >= 11 is 0. The van der Waals surface area contributed by atoms with E-state index in [-0.39, 0.29) is 12.2 Å². The van der Waals surface area contributed by atoms with Gasteiger partial charge in [-0.25, -0.2) is 0 Å². The summed E-state index contributed by atoms with van der Waals surface area (Å²) in [5.74, 6) is 1.31. The predicted octanol–water partition coefficient (Wildman–Crippen LogP) is 2.76. The van der Waals surface area contributed by atoms with E-state index in [4.69, 9.17) is 9.47 Å². The molecule has 0 spiro atoms. The van der Waals surface area contributed by atoms with E-state index in [0.717, 1.165) is 0 Å². The predicted molar refractivity (Wildman–Crippen MR) is 79.2 cm³/mol. The van der Waals surface area contributed by atoms with E-state index in [1.807, 2.05) is 45.9 Å². The van der Waals surface area contributed by atoms with Crippen molar-refractivity contribution in [3.05, 3.63) is 24.3 Å². The van der Waals surface area contributed by atoms with Crippen LogP contribution >= 0.6 is 0 Å². The van der Waals surface area contributed by atoms with E-state index in [0.29, 0.717) is 24.3 Å². The van der Waals surface area contributed by atoms with Crippen LogP contribution < -0.4 is 9.47 Å². The molecule has 2 N–H and O–H groups in total. The van der Waals surface area contributed by atoms with Crippen LogP contribution in [0, 0.1) is 0 Å². The fourth-order valence-corrected chi connectivity index (χ4v) is 1.87. The molecule has 0 aromatic heterocycles. The lowest BCUT2D eigenvalue weighted by molar-refractivity contribution is 0.0408. The number of rotatable bonds is 8. The van der Waals surface area contributed by atoms with Gasteiger partial charge in [-0.2, -0.15) is 0 Å². The van der Waals surface area contributed by atoms with E-state index in [1.54, 1.807) is 6.07 Å². The van der Waals surface area contributed by atoms with Gasteiger partial charge in [0.15, 0.2) is 0 Å². The highest BCUT2D eigenvalue weighted by Crippen LogP contribution is 2.23. The minimum absolute atomic E-state index is 0.270. The third kappa shape index (κ3) is 5.02. The van der Waals surface area contributed by atoms with Crippen LogP contribution in [0.25, 0.3) is 0 Å². The van der Waals surface area contributed by atoms with Gasteiger partial charge in [-0.05, 0) is 38.8 Å². The number of benzene rings is 1. The summed E-state index contributed by atoms with van der Waals surface area (Å²) in [4.78, 5) is 0. The molecule has 0 heterocycles. The average molecular weight is 282 g/mol. The van der Waals surface area contributed by atoms with Crippen LogP contribution in [-0.4, -0.2) is 34.6 Å². The molecule has 1 aromatic rings. The molecule has 4 unspecified atom stereocenters. The zero-order valence-corrected chi connectivity index (χ0v) is 12.7. The van der Waals surface area contributed by atoms with Crippen molar-refractivity contribution in [2.75, 3.05) is 0 Å². The Kier molecular flexibility index (Phi) is 6.82. The van der Waals surface area contributed by atoms with Crippen molar-refractivity contribution in [2.45, 2.75) is 65.0 Å². The van der Waals surface area contributed by atoms with E-state index >= 15 is 0 Å². The Morgan fingerprint density at radius 3 is 1.65 bits per heavy atom. The molecular formula is C16H26O4. The van der Waals surface area contributed by atoms with Gasteiger partial charge in [0.1, 0.15) is 23.7 Å². The molecule has 0 aliphatic carbocycles. The first kappa shape index (κ1) is 16.8. The molecule has 114 valence electrons. The Labute approximate surface area is 121 Å². The highest BCUT2D eigenvalue weighted by atomic mass is 16.5. The molecule has 20 heavy (non-hydrogen) atoms. The largest absolute Gasteiger partial charge is 0.488 e. The number of hydrogen-bond acceptors (Lipinski definition) is 4. The maximum absolute atomic E-state index is 9.72. The fourth-order valence-electron chi connectivity index (χ4n) is 1.87. The van der Waals surface area contributed by atoms with Crippen molar-refractivity contribution in [3.63, 3.8) is 0 Å². The molecule has 0 fully saturated rings. The van der Waals surface area contributed by atoms with Crippen LogP contribution in [0.4, 0.5) is 0 Å². The molecule has 0 amide bonds. The molecule has 4 nitrogen and oxygen atoms in total. The number of aliphatic hydroxyl groups excluding tert-OH is 2. The lowest BCUT2D eigenvalue weighted by atomic mass is 10.2. The third-order valence-corrected chi connectivity index (χ3v) is 3.37. The number of aliphatic hydroxyl groups is 2. The van der Waals surface area contributed by atoms with Gasteiger partial charge in [0.2, 0.25) is 0 Å². The summed E-state index contributed by atoms with van der Waals surface area (Å²) < 4.78 is 11.4. The molecule has 0 bridgehead atoms. The quantitative estimate of drug-likeness (QED) is 0.769. The summed E-state index contributed by atoms with van der Waals surface area (Å²) in [6.07, 6.45) is -0.211. The van der Waals surface area contributed by atoms with Crippen LogP contribution in [-0.2, 0) is 0 Å². The standard InChI is InChI=1S/C16H26O4/c1-5-15(17)11(3)19-13-8-7-9-14(10-13)20-12(4)16(18)6-2/h7-12,15-18H,5-6H2,1-4H3. The Hall–Kier alpha value is -1.26. The minimum Gasteiger partial charge on any atom is -0.488 e. The Morgan fingerprint density at radius 1 is 0.900 bits per heavy atom. The number of ether oxygens (including phenoxy) is 2. The number of hydrogen-bond donors (Lipinski definition) is 2. The highest BCUT2D eigenvalue weighted by molar-refractivity contribution is 5.33. The average Bonchev–Trinajstić information content (AvgIpc) is 2.45. The topological polar surface area (TPSA) is 58.9 Å². The van der Waals surface area contributed by atoms with Crippen LogP contribution in [0.2, 0.25) is 0 Å². The summed E-state index contributed by atoms with van der Waals surface area (Å²) in [5.41, 5.74) is 0.